The standard InChI is InChI=1S/C48H60N10O7S/c59-43(13-9-35-6-4-19-49-31-35)50-20-2-1-5-34-15-21-57(22-16-34)48(64)39-10-12-42(53-52-39)55-23-17-36(18-24-55)54-25-27-56(28-26-54)45(61)33-65-29-30-66-41-8-3-7-37-38(41)32-58(47(37)63)40-11-14-44(60)51-46(40)62/h3-4,6-10,12-13,19,31,34,36,40H,1-2,5,11,14-18,20-30,32-33H2,(H,50,59)(H,51,60,62)/b13-9+. The lowest BCUT2D eigenvalue weighted by Gasteiger charge is -2.43. The number of imide groups is 1. The molecule has 0 radical (unpaired) electrons. The number of likely N-dealkylation sites (tertiary alicyclic amines) is 1. The number of nitrogens with zero attached hydrogens (tertiary/aromatic N) is 8. The second-order valence-corrected chi connectivity index (χ2v) is 18.8. The highest BCUT2D eigenvalue weighted by atomic mass is 32.2. The van der Waals surface area contributed by atoms with Crippen LogP contribution in [0, 0.1) is 5.92 Å². The van der Waals surface area contributed by atoms with Crippen molar-refractivity contribution in [3.8, 4) is 0 Å². The maximum Gasteiger partial charge on any atom is 0.274 e. The summed E-state index contributed by atoms with van der Waals surface area (Å²) in [7, 11) is 0. The molecule has 5 aliphatic rings. The Morgan fingerprint density at radius 1 is 0.864 bits per heavy atom. The first-order chi connectivity index (χ1) is 32.2. The van der Waals surface area contributed by atoms with Gasteiger partial charge in [-0.3, -0.25) is 44.0 Å². The number of ether oxygens (including phenoxy) is 1. The van der Waals surface area contributed by atoms with Gasteiger partial charge in [-0.25, -0.2) is 0 Å². The van der Waals surface area contributed by atoms with E-state index in [-0.39, 0.29) is 42.6 Å². The summed E-state index contributed by atoms with van der Waals surface area (Å²) in [5, 5.41) is 14.1. The van der Waals surface area contributed by atoms with Crippen molar-refractivity contribution in [2.24, 2.45) is 5.92 Å². The van der Waals surface area contributed by atoms with Gasteiger partial charge in [0, 0.05) is 113 Å². The smallest absolute Gasteiger partial charge is 0.274 e. The van der Waals surface area contributed by atoms with Crippen molar-refractivity contribution >= 4 is 59.1 Å². The van der Waals surface area contributed by atoms with Crippen LogP contribution < -0.4 is 15.5 Å². The number of benzene rings is 1. The van der Waals surface area contributed by atoms with E-state index in [0.717, 1.165) is 93.0 Å². The van der Waals surface area contributed by atoms with Gasteiger partial charge < -0.3 is 29.7 Å². The van der Waals surface area contributed by atoms with Gasteiger partial charge in [-0.1, -0.05) is 25.0 Å². The van der Waals surface area contributed by atoms with Gasteiger partial charge in [0.1, 0.15) is 12.6 Å². The molecule has 2 N–H and O–H groups in total. The molecule has 0 bridgehead atoms. The van der Waals surface area contributed by atoms with Crippen molar-refractivity contribution in [3.05, 3.63) is 83.3 Å². The van der Waals surface area contributed by atoms with Crippen LogP contribution in [0.1, 0.15) is 89.8 Å². The van der Waals surface area contributed by atoms with Crippen LogP contribution in [0.2, 0.25) is 0 Å². The summed E-state index contributed by atoms with van der Waals surface area (Å²) in [6, 6.07) is 12.8. The molecule has 1 atom stereocenters. The van der Waals surface area contributed by atoms with Crippen molar-refractivity contribution < 1.29 is 33.5 Å². The predicted molar refractivity (Wildman–Crippen MR) is 248 cm³/mol. The molecule has 1 aromatic carbocycles. The molecule has 4 saturated heterocycles. The van der Waals surface area contributed by atoms with Crippen LogP contribution in [0.25, 0.3) is 6.08 Å². The number of piperazine rings is 1. The summed E-state index contributed by atoms with van der Waals surface area (Å²) in [5.41, 5.74) is 2.74. The van der Waals surface area contributed by atoms with Gasteiger partial charge >= 0.3 is 0 Å². The van der Waals surface area contributed by atoms with E-state index in [9.17, 15) is 28.8 Å². The summed E-state index contributed by atoms with van der Waals surface area (Å²) in [4.78, 5) is 90.7. The Morgan fingerprint density at radius 3 is 2.42 bits per heavy atom. The highest BCUT2D eigenvalue weighted by Gasteiger charge is 2.40. The van der Waals surface area contributed by atoms with Gasteiger partial charge in [0.2, 0.25) is 23.6 Å². The van der Waals surface area contributed by atoms with Crippen LogP contribution in [0.4, 0.5) is 5.82 Å². The highest BCUT2D eigenvalue weighted by molar-refractivity contribution is 7.99. The lowest BCUT2D eigenvalue weighted by molar-refractivity contribution is -0.138. The minimum atomic E-state index is -0.652. The zero-order chi connectivity index (χ0) is 45.8. The van der Waals surface area contributed by atoms with E-state index in [4.69, 9.17) is 4.74 Å². The quantitative estimate of drug-likeness (QED) is 0.0869. The maximum atomic E-state index is 13.3. The van der Waals surface area contributed by atoms with Crippen LogP contribution in [-0.2, 0) is 30.5 Å². The predicted octanol–water partition coefficient (Wildman–Crippen LogP) is 3.41. The van der Waals surface area contributed by atoms with E-state index in [1.165, 1.54) is 0 Å². The topological polar surface area (TPSA) is 191 Å². The number of piperidine rings is 3. The molecule has 3 aromatic rings. The molecular weight excluding hydrogens is 861 g/mol. The van der Waals surface area contributed by atoms with Crippen molar-refractivity contribution in [3.63, 3.8) is 0 Å². The third-order valence-corrected chi connectivity index (χ3v) is 14.5. The summed E-state index contributed by atoms with van der Waals surface area (Å²) < 4.78 is 5.80. The molecule has 18 heteroatoms. The van der Waals surface area contributed by atoms with Gasteiger partial charge in [0.25, 0.3) is 11.8 Å². The Morgan fingerprint density at radius 2 is 1.68 bits per heavy atom. The van der Waals surface area contributed by atoms with Crippen LogP contribution in [0.5, 0.6) is 0 Å². The normalized spacial score (nSPS) is 19.9. The van der Waals surface area contributed by atoms with E-state index in [0.29, 0.717) is 81.3 Å². The third kappa shape index (κ3) is 12.0. The first-order valence-corrected chi connectivity index (χ1v) is 24.4. The Labute approximate surface area is 390 Å². The number of rotatable bonds is 17. The van der Waals surface area contributed by atoms with Gasteiger partial charge in [0.05, 0.1) is 6.61 Å². The van der Waals surface area contributed by atoms with Crippen LogP contribution in [0.15, 0.2) is 65.8 Å². The highest BCUT2D eigenvalue weighted by Crippen LogP contribution is 2.34. The molecule has 0 spiro atoms. The zero-order valence-electron chi connectivity index (χ0n) is 37.5. The fraction of sp³-hybridized carbons (Fsp3) is 0.521. The Bertz CT molecular complexity index is 2220. The number of fused-ring (bicyclic) bond motifs is 1. The molecule has 66 heavy (non-hydrogen) atoms. The van der Waals surface area contributed by atoms with Gasteiger partial charge in [0.15, 0.2) is 11.5 Å². The van der Waals surface area contributed by atoms with E-state index in [2.05, 4.69) is 35.6 Å². The van der Waals surface area contributed by atoms with E-state index < -0.39 is 11.9 Å². The van der Waals surface area contributed by atoms with Crippen molar-refractivity contribution in [1.29, 1.82) is 0 Å². The fourth-order valence-corrected chi connectivity index (χ4v) is 10.6. The lowest BCUT2D eigenvalue weighted by atomic mass is 9.91. The minimum absolute atomic E-state index is 0.0110. The molecule has 6 amide bonds. The molecule has 5 aliphatic heterocycles. The molecule has 2 aromatic heterocycles. The molecule has 350 valence electrons. The number of unbranched alkanes of at least 4 members (excludes halogenated alkanes) is 1. The molecule has 1 unspecified atom stereocenters. The van der Waals surface area contributed by atoms with E-state index in [1.807, 2.05) is 40.1 Å². The number of nitrogens with one attached hydrogen (secondary N) is 2. The number of anilines is 1. The molecule has 8 rings (SSSR count). The SMILES string of the molecule is O=C(/C=C/c1cccnc1)NCCCCC1CCN(C(=O)c2ccc(N3CCC(N4CCN(C(=O)COCCSc5cccc6c5CN(C5CCC(=O)NC5=O)C6=O)CC4)CC3)nn2)CC1. The molecule has 0 aliphatic carbocycles. The first-order valence-electron chi connectivity index (χ1n) is 23.4. The number of hydrogen-bond donors (Lipinski definition) is 2. The summed E-state index contributed by atoms with van der Waals surface area (Å²) >= 11 is 1.56. The average Bonchev–Trinajstić information content (AvgIpc) is 3.69. The molecular formula is C48H60N10O7S. The Balaban J connectivity index is 0.671. The number of carbonyl (C=O) groups is 6. The Hall–Kier alpha value is -5.72. The largest absolute Gasteiger partial charge is 0.371 e. The summed E-state index contributed by atoms with van der Waals surface area (Å²) in [5.74, 6) is 0.867. The van der Waals surface area contributed by atoms with Gasteiger partial charge in [-0.15, -0.1) is 22.0 Å². The second-order valence-electron chi connectivity index (χ2n) is 17.6. The second kappa shape index (κ2) is 22.7. The number of carbonyl (C=O) groups excluding carboxylic acids is 6. The molecule has 17 nitrogen and oxygen atoms in total. The van der Waals surface area contributed by atoms with Crippen molar-refractivity contribution in [2.45, 2.75) is 81.3 Å². The zero-order valence-corrected chi connectivity index (χ0v) is 38.3. The summed E-state index contributed by atoms with van der Waals surface area (Å²) in [6.07, 6.45) is 14.2. The fourth-order valence-electron chi connectivity index (χ4n) is 9.62. The Kier molecular flexibility index (Phi) is 16.1. The van der Waals surface area contributed by atoms with Gasteiger partial charge in [-0.05, 0) is 92.0 Å². The van der Waals surface area contributed by atoms with Crippen molar-refractivity contribution in [2.75, 3.05) is 82.8 Å². The summed E-state index contributed by atoms with van der Waals surface area (Å²) in [6.45, 7) is 7.46. The van der Waals surface area contributed by atoms with E-state index >= 15 is 0 Å². The number of aromatic nitrogens is 3. The van der Waals surface area contributed by atoms with Crippen LogP contribution >= 0.6 is 11.8 Å². The lowest BCUT2D eigenvalue weighted by Crippen LogP contribution is -2.55. The molecule has 0 saturated carbocycles. The number of thioether (sulfide) groups is 1. The van der Waals surface area contributed by atoms with Crippen LogP contribution in [0.3, 0.4) is 0 Å². The molecule has 4 fully saturated rings. The molecule has 7 heterocycles. The first kappa shape index (κ1) is 46.8. The van der Waals surface area contributed by atoms with Crippen LogP contribution in [-0.4, -0.2) is 160 Å². The van der Waals surface area contributed by atoms with E-state index in [1.54, 1.807) is 53.3 Å². The monoisotopic (exact) mass is 920 g/mol. The number of hydrogen-bond acceptors (Lipinski definition) is 13. The third-order valence-electron chi connectivity index (χ3n) is 13.4. The van der Waals surface area contributed by atoms with Crippen molar-refractivity contribution in [1.82, 2.24) is 45.4 Å². The minimum Gasteiger partial charge on any atom is -0.371 e. The average molecular weight is 921 g/mol. The number of pyridine rings is 1. The maximum absolute atomic E-state index is 13.3. The van der Waals surface area contributed by atoms with Gasteiger partial charge in [-0.2, -0.15) is 0 Å². The number of amides is 6.